The van der Waals surface area contributed by atoms with Gasteiger partial charge in [0, 0.05) is 24.7 Å². The lowest BCUT2D eigenvalue weighted by atomic mass is 9.93. The van der Waals surface area contributed by atoms with Crippen molar-refractivity contribution < 1.29 is 4.74 Å². The fraction of sp³-hybridized carbons (Fsp3) is 0.571. The molecular weight excluding hydrogens is 244 g/mol. The summed E-state index contributed by atoms with van der Waals surface area (Å²) >= 11 is 1.85. The molecule has 0 radical (unpaired) electrons. The van der Waals surface area contributed by atoms with Gasteiger partial charge in [-0.05, 0) is 35.8 Å². The number of hydrogen-bond acceptors (Lipinski definition) is 4. The molecule has 3 N–H and O–H groups in total. The smallest absolute Gasteiger partial charge is 0.0486 e. The second-order valence-corrected chi connectivity index (χ2v) is 5.74. The van der Waals surface area contributed by atoms with E-state index >= 15 is 0 Å². The molecule has 1 aromatic carbocycles. The summed E-state index contributed by atoms with van der Waals surface area (Å²) in [5.41, 5.74) is 4.15. The maximum absolute atomic E-state index is 5.68. The van der Waals surface area contributed by atoms with Crippen LogP contribution in [-0.2, 0) is 4.74 Å². The van der Waals surface area contributed by atoms with E-state index < -0.39 is 0 Å². The molecule has 1 rings (SSSR count). The molecule has 3 nitrogen and oxygen atoms in total. The zero-order valence-electron chi connectivity index (χ0n) is 11.5. The first-order valence-corrected chi connectivity index (χ1v) is 7.39. The Balaban J connectivity index is 2.69. The SMILES string of the molecule is CCSc1ccc(C(NN)C(C)CCOC)cc1. The third-order valence-corrected chi connectivity index (χ3v) is 3.97. The Morgan fingerprint density at radius 1 is 1.33 bits per heavy atom. The summed E-state index contributed by atoms with van der Waals surface area (Å²) < 4.78 is 5.12. The molecule has 1 aromatic rings. The van der Waals surface area contributed by atoms with E-state index in [1.807, 2.05) is 11.8 Å². The van der Waals surface area contributed by atoms with Crippen molar-refractivity contribution >= 4 is 11.8 Å². The van der Waals surface area contributed by atoms with Gasteiger partial charge in [0.05, 0.1) is 0 Å². The second kappa shape index (κ2) is 8.53. The zero-order chi connectivity index (χ0) is 13.4. The molecule has 0 heterocycles. The van der Waals surface area contributed by atoms with Crippen LogP contribution >= 0.6 is 11.8 Å². The number of thioether (sulfide) groups is 1. The van der Waals surface area contributed by atoms with Crippen LogP contribution in [0.1, 0.15) is 31.9 Å². The highest BCUT2D eigenvalue weighted by Gasteiger charge is 2.17. The number of nitrogens with two attached hydrogens (primary N) is 1. The van der Waals surface area contributed by atoms with Gasteiger partial charge in [0.25, 0.3) is 0 Å². The number of hydrogen-bond donors (Lipinski definition) is 2. The standard InChI is InChI=1S/C14H24N2OS/c1-4-18-13-7-5-12(6-8-13)14(16-15)11(2)9-10-17-3/h5-8,11,14,16H,4,9-10,15H2,1-3H3. The van der Waals surface area contributed by atoms with Crippen molar-refractivity contribution in [1.82, 2.24) is 5.43 Å². The fourth-order valence-electron chi connectivity index (χ4n) is 2.00. The largest absolute Gasteiger partial charge is 0.385 e. The monoisotopic (exact) mass is 268 g/mol. The fourth-order valence-corrected chi connectivity index (χ4v) is 2.66. The summed E-state index contributed by atoms with van der Waals surface area (Å²) in [4.78, 5) is 1.31. The highest BCUT2D eigenvalue weighted by molar-refractivity contribution is 7.99. The summed E-state index contributed by atoms with van der Waals surface area (Å²) in [5, 5.41) is 0. The van der Waals surface area contributed by atoms with Crippen molar-refractivity contribution in [2.75, 3.05) is 19.5 Å². The van der Waals surface area contributed by atoms with Crippen molar-refractivity contribution in [3.8, 4) is 0 Å². The average molecular weight is 268 g/mol. The van der Waals surface area contributed by atoms with Gasteiger partial charge in [0.1, 0.15) is 0 Å². The summed E-state index contributed by atoms with van der Waals surface area (Å²) in [6.45, 7) is 5.12. The second-order valence-electron chi connectivity index (χ2n) is 4.41. The van der Waals surface area contributed by atoms with E-state index in [0.717, 1.165) is 18.8 Å². The first-order chi connectivity index (χ1) is 8.72. The van der Waals surface area contributed by atoms with Gasteiger partial charge < -0.3 is 4.74 Å². The molecule has 0 aliphatic rings. The van der Waals surface area contributed by atoms with E-state index in [0.29, 0.717) is 5.92 Å². The van der Waals surface area contributed by atoms with Gasteiger partial charge in [-0.2, -0.15) is 0 Å². The first kappa shape index (κ1) is 15.5. The highest BCUT2D eigenvalue weighted by Crippen LogP contribution is 2.26. The number of benzene rings is 1. The number of hydrazine groups is 1. The van der Waals surface area contributed by atoms with Gasteiger partial charge in [-0.15, -0.1) is 11.8 Å². The molecule has 0 aliphatic carbocycles. The van der Waals surface area contributed by atoms with E-state index in [1.165, 1.54) is 10.5 Å². The van der Waals surface area contributed by atoms with Gasteiger partial charge >= 0.3 is 0 Å². The number of ether oxygens (including phenoxy) is 1. The first-order valence-electron chi connectivity index (χ1n) is 6.40. The molecule has 0 fully saturated rings. The molecular formula is C14H24N2OS. The Morgan fingerprint density at radius 2 is 2.00 bits per heavy atom. The number of rotatable bonds is 8. The summed E-state index contributed by atoms with van der Waals surface area (Å²) in [5.74, 6) is 7.22. The maximum Gasteiger partial charge on any atom is 0.0486 e. The van der Waals surface area contributed by atoms with Crippen molar-refractivity contribution in [3.05, 3.63) is 29.8 Å². The van der Waals surface area contributed by atoms with Crippen LogP contribution in [-0.4, -0.2) is 19.5 Å². The minimum absolute atomic E-state index is 0.181. The molecule has 0 aromatic heterocycles. The van der Waals surface area contributed by atoms with Crippen molar-refractivity contribution in [2.45, 2.75) is 31.2 Å². The molecule has 2 unspecified atom stereocenters. The predicted molar refractivity (Wildman–Crippen MR) is 78.6 cm³/mol. The molecule has 102 valence electrons. The molecule has 18 heavy (non-hydrogen) atoms. The normalized spacial score (nSPS) is 14.4. The molecule has 0 spiro atoms. The van der Waals surface area contributed by atoms with E-state index in [4.69, 9.17) is 10.6 Å². The minimum atomic E-state index is 0.181. The molecule has 4 heteroatoms. The van der Waals surface area contributed by atoms with Crippen LogP contribution in [0.15, 0.2) is 29.2 Å². The van der Waals surface area contributed by atoms with E-state index in [1.54, 1.807) is 7.11 Å². The topological polar surface area (TPSA) is 47.3 Å². The van der Waals surface area contributed by atoms with Gasteiger partial charge in [0.2, 0.25) is 0 Å². The molecule has 0 saturated heterocycles. The Morgan fingerprint density at radius 3 is 2.50 bits per heavy atom. The van der Waals surface area contributed by atoms with Crippen LogP contribution in [0.4, 0.5) is 0 Å². The van der Waals surface area contributed by atoms with Crippen LogP contribution < -0.4 is 11.3 Å². The molecule has 2 atom stereocenters. The Hall–Kier alpha value is -0.550. The average Bonchev–Trinajstić information content (AvgIpc) is 2.39. The van der Waals surface area contributed by atoms with Crippen LogP contribution in [0.5, 0.6) is 0 Å². The summed E-state index contributed by atoms with van der Waals surface area (Å²) in [6.07, 6.45) is 0.997. The lowest BCUT2D eigenvalue weighted by Gasteiger charge is -2.23. The third kappa shape index (κ3) is 4.61. The van der Waals surface area contributed by atoms with Gasteiger partial charge in [0.15, 0.2) is 0 Å². The van der Waals surface area contributed by atoms with Gasteiger partial charge in [-0.3, -0.25) is 11.3 Å². The quantitative estimate of drug-likeness (QED) is 0.432. The summed E-state index contributed by atoms with van der Waals surface area (Å²) in [7, 11) is 1.73. The maximum atomic E-state index is 5.68. The van der Waals surface area contributed by atoms with E-state index in [-0.39, 0.29) is 6.04 Å². The van der Waals surface area contributed by atoms with Crippen molar-refractivity contribution in [3.63, 3.8) is 0 Å². The predicted octanol–water partition coefficient (Wildman–Crippen LogP) is 2.98. The Bertz CT molecular complexity index is 329. The van der Waals surface area contributed by atoms with Crippen molar-refractivity contribution in [2.24, 2.45) is 11.8 Å². The van der Waals surface area contributed by atoms with Crippen LogP contribution in [0.3, 0.4) is 0 Å². The van der Waals surface area contributed by atoms with Crippen molar-refractivity contribution in [1.29, 1.82) is 0 Å². The molecule has 0 amide bonds. The van der Waals surface area contributed by atoms with Crippen LogP contribution in [0.2, 0.25) is 0 Å². The number of nitrogens with one attached hydrogen (secondary N) is 1. The van der Waals surface area contributed by atoms with Crippen LogP contribution in [0.25, 0.3) is 0 Å². The van der Waals surface area contributed by atoms with Gasteiger partial charge in [-0.1, -0.05) is 26.0 Å². The highest BCUT2D eigenvalue weighted by atomic mass is 32.2. The van der Waals surface area contributed by atoms with Gasteiger partial charge in [-0.25, -0.2) is 0 Å². The molecule has 0 aliphatic heterocycles. The molecule has 0 saturated carbocycles. The third-order valence-electron chi connectivity index (χ3n) is 3.08. The lowest BCUT2D eigenvalue weighted by Crippen LogP contribution is -2.33. The van der Waals surface area contributed by atoms with E-state index in [9.17, 15) is 0 Å². The molecule has 0 bridgehead atoms. The van der Waals surface area contributed by atoms with E-state index in [2.05, 4.69) is 43.5 Å². The van der Waals surface area contributed by atoms with Crippen LogP contribution in [0, 0.1) is 5.92 Å². The zero-order valence-corrected chi connectivity index (χ0v) is 12.3. The summed E-state index contributed by atoms with van der Waals surface area (Å²) in [6, 6.07) is 8.83. The lowest BCUT2D eigenvalue weighted by molar-refractivity contribution is 0.170. The Labute approximate surface area is 114 Å². The number of methoxy groups -OCH3 is 1. The Kier molecular flexibility index (Phi) is 7.35. The minimum Gasteiger partial charge on any atom is -0.385 e.